The molecule has 0 bridgehead atoms. The molecular formula is C21H16N2O2S. The van der Waals surface area contributed by atoms with Crippen LogP contribution in [0.2, 0.25) is 0 Å². The monoisotopic (exact) mass is 360 g/mol. The normalized spacial score (nSPS) is 12.2. The molecule has 0 atom stereocenters. The van der Waals surface area contributed by atoms with Crippen molar-refractivity contribution in [3.63, 3.8) is 0 Å². The summed E-state index contributed by atoms with van der Waals surface area (Å²) >= 11 is 0. The second-order valence-electron chi connectivity index (χ2n) is 6.03. The van der Waals surface area contributed by atoms with E-state index in [0.717, 1.165) is 27.1 Å². The number of sulfonamides is 1. The van der Waals surface area contributed by atoms with Gasteiger partial charge in [0.05, 0.1) is 10.6 Å². The molecule has 4 aromatic rings. The highest BCUT2D eigenvalue weighted by atomic mass is 32.2. The standard InChI is InChI=1S/C21H16N2O2S/c22-26(24,25)18-11-9-17(10-12-18)23-14-21-19-7-3-1-5-15(19)13-16-6-2-4-8-20(16)21/h1-14H,(H2,22,24,25). The first kappa shape index (κ1) is 16.4. The highest BCUT2D eigenvalue weighted by Gasteiger charge is 2.07. The molecule has 0 saturated carbocycles. The van der Waals surface area contributed by atoms with E-state index in [-0.39, 0.29) is 4.90 Å². The maximum absolute atomic E-state index is 11.4. The summed E-state index contributed by atoms with van der Waals surface area (Å²) in [5.74, 6) is 0. The topological polar surface area (TPSA) is 72.5 Å². The van der Waals surface area contributed by atoms with Gasteiger partial charge in [-0.05, 0) is 51.9 Å². The van der Waals surface area contributed by atoms with Gasteiger partial charge in [-0.2, -0.15) is 0 Å². The predicted molar refractivity (Wildman–Crippen MR) is 107 cm³/mol. The van der Waals surface area contributed by atoms with Gasteiger partial charge in [0.25, 0.3) is 0 Å². The van der Waals surface area contributed by atoms with E-state index in [4.69, 9.17) is 5.14 Å². The zero-order chi connectivity index (χ0) is 18.1. The molecule has 0 aliphatic carbocycles. The number of primary sulfonamides is 1. The molecule has 5 heteroatoms. The Morgan fingerprint density at radius 3 is 1.85 bits per heavy atom. The number of fused-ring (bicyclic) bond motifs is 2. The number of nitrogens with zero attached hydrogens (tertiary/aromatic N) is 1. The predicted octanol–water partition coefficient (Wildman–Crippen LogP) is 4.39. The van der Waals surface area contributed by atoms with Gasteiger partial charge in [-0.1, -0.05) is 48.5 Å². The fourth-order valence-corrected chi connectivity index (χ4v) is 3.56. The molecule has 128 valence electrons. The molecule has 0 aliphatic heterocycles. The van der Waals surface area contributed by atoms with Gasteiger partial charge < -0.3 is 0 Å². The van der Waals surface area contributed by atoms with Gasteiger partial charge in [-0.15, -0.1) is 0 Å². The Hall–Kier alpha value is -3.02. The third-order valence-corrected chi connectivity index (χ3v) is 5.25. The number of benzene rings is 4. The summed E-state index contributed by atoms with van der Waals surface area (Å²) in [4.78, 5) is 4.62. The van der Waals surface area contributed by atoms with Gasteiger partial charge in [-0.25, -0.2) is 13.6 Å². The maximum Gasteiger partial charge on any atom is 0.238 e. The Bertz CT molecular complexity index is 1190. The first-order valence-corrected chi connectivity index (χ1v) is 9.64. The molecule has 0 unspecified atom stereocenters. The molecule has 0 aliphatic rings. The van der Waals surface area contributed by atoms with E-state index in [9.17, 15) is 8.42 Å². The minimum atomic E-state index is -3.70. The van der Waals surface area contributed by atoms with Crippen molar-refractivity contribution in [3.8, 4) is 0 Å². The minimum absolute atomic E-state index is 0.0760. The molecular weight excluding hydrogens is 344 g/mol. The fraction of sp³-hybridized carbons (Fsp3) is 0. The fourth-order valence-electron chi connectivity index (χ4n) is 3.05. The number of nitrogens with two attached hydrogens (primary N) is 1. The Morgan fingerprint density at radius 2 is 1.31 bits per heavy atom. The number of hydrogen-bond acceptors (Lipinski definition) is 3. The van der Waals surface area contributed by atoms with Crippen molar-refractivity contribution in [1.82, 2.24) is 0 Å². The Labute approximate surface area is 151 Å². The van der Waals surface area contributed by atoms with Gasteiger partial charge >= 0.3 is 0 Å². The number of rotatable bonds is 3. The molecule has 2 N–H and O–H groups in total. The zero-order valence-corrected chi connectivity index (χ0v) is 14.6. The van der Waals surface area contributed by atoms with Crippen LogP contribution in [0.15, 0.2) is 88.8 Å². The summed E-state index contributed by atoms with van der Waals surface area (Å²) in [6.07, 6.45) is 1.83. The van der Waals surface area contributed by atoms with E-state index < -0.39 is 10.0 Å². The van der Waals surface area contributed by atoms with E-state index in [0.29, 0.717) is 5.69 Å². The quantitative estimate of drug-likeness (QED) is 0.435. The van der Waals surface area contributed by atoms with Crippen molar-refractivity contribution in [2.45, 2.75) is 4.90 Å². The third kappa shape index (κ3) is 3.10. The molecule has 0 amide bonds. The molecule has 4 aromatic carbocycles. The van der Waals surface area contributed by atoms with Crippen LogP contribution in [0.3, 0.4) is 0 Å². The van der Waals surface area contributed by atoms with Gasteiger partial charge in [0, 0.05) is 11.8 Å². The molecule has 4 nitrogen and oxygen atoms in total. The zero-order valence-electron chi connectivity index (χ0n) is 13.8. The summed E-state index contributed by atoms with van der Waals surface area (Å²) in [5.41, 5.74) is 1.70. The lowest BCUT2D eigenvalue weighted by molar-refractivity contribution is 0.598. The lowest BCUT2D eigenvalue weighted by Gasteiger charge is -2.08. The van der Waals surface area contributed by atoms with Crippen molar-refractivity contribution in [2.24, 2.45) is 10.1 Å². The van der Waals surface area contributed by atoms with Crippen LogP contribution in [0.25, 0.3) is 21.5 Å². The molecule has 0 spiro atoms. The summed E-state index contributed by atoms with van der Waals surface area (Å²) in [5, 5.41) is 9.67. The Balaban J connectivity index is 1.84. The average molecular weight is 360 g/mol. The lowest BCUT2D eigenvalue weighted by atomic mass is 9.97. The molecule has 0 radical (unpaired) electrons. The van der Waals surface area contributed by atoms with Gasteiger partial charge in [0.15, 0.2) is 0 Å². The van der Waals surface area contributed by atoms with Crippen LogP contribution in [0.5, 0.6) is 0 Å². The van der Waals surface area contributed by atoms with Gasteiger partial charge in [-0.3, -0.25) is 4.99 Å². The van der Waals surface area contributed by atoms with E-state index in [1.165, 1.54) is 12.1 Å². The van der Waals surface area contributed by atoms with Crippen molar-refractivity contribution in [3.05, 3.63) is 84.4 Å². The number of hydrogen-bond donors (Lipinski definition) is 1. The van der Waals surface area contributed by atoms with Gasteiger partial charge in [0.1, 0.15) is 0 Å². The minimum Gasteiger partial charge on any atom is -0.256 e. The Morgan fingerprint density at radius 1 is 0.769 bits per heavy atom. The van der Waals surface area contributed by atoms with E-state index >= 15 is 0 Å². The van der Waals surface area contributed by atoms with Crippen LogP contribution in [0, 0.1) is 0 Å². The molecule has 0 fully saturated rings. The van der Waals surface area contributed by atoms with E-state index in [1.807, 2.05) is 30.5 Å². The average Bonchev–Trinajstić information content (AvgIpc) is 2.65. The van der Waals surface area contributed by atoms with E-state index in [1.54, 1.807) is 12.1 Å². The molecule has 0 heterocycles. The summed E-state index contributed by atoms with van der Waals surface area (Å²) in [6.45, 7) is 0. The summed E-state index contributed by atoms with van der Waals surface area (Å²) in [6, 6.07) is 24.8. The molecule has 26 heavy (non-hydrogen) atoms. The second kappa shape index (κ2) is 6.37. The molecule has 0 aromatic heterocycles. The van der Waals surface area contributed by atoms with Crippen LogP contribution in [0.1, 0.15) is 5.56 Å². The Kier molecular flexibility index (Phi) is 4.03. The first-order chi connectivity index (χ1) is 12.5. The SMILES string of the molecule is NS(=O)(=O)c1ccc(N=Cc2c3ccccc3cc3ccccc23)cc1. The largest absolute Gasteiger partial charge is 0.256 e. The van der Waals surface area contributed by atoms with Crippen molar-refractivity contribution < 1.29 is 8.42 Å². The smallest absolute Gasteiger partial charge is 0.238 e. The van der Waals surface area contributed by atoms with Crippen molar-refractivity contribution in [2.75, 3.05) is 0 Å². The lowest BCUT2D eigenvalue weighted by Crippen LogP contribution is -2.11. The first-order valence-electron chi connectivity index (χ1n) is 8.10. The highest BCUT2D eigenvalue weighted by Crippen LogP contribution is 2.28. The van der Waals surface area contributed by atoms with Crippen LogP contribution in [-0.4, -0.2) is 14.6 Å². The summed E-state index contributed by atoms with van der Waals surface area (Å²) in [7, 11) is -3.70. The van der Waals surface area contributed by atoms with E-state index in [2.05, 4.69) is 35.3 Å². The summed E-state index contributed by atoms with van der Waals surface area (Å²) < 4.78 is 22.7. The van der Waals surface area contributed by atoms with Crippen molar-refractivity contribution in [1.29, 1.82) is 0 Å². The molecule has 4 rings (SSSR count). The van der Waals surface area contributed by atoms with Crippen LogP contribution in [0.4, 0.5) is 5.69 Å². The highest BCUT2D eigenvalue weighted by molar-refractivity contribution is 7.89. The second-order valence-corrected chi connectivity index (χ2v) is 7.59. The maximum atomic E-state index is 11.4. The third-order valence-electron chi connectivity index (χ3n) is 4.32. The van der Waals surface area contributed by atoms with Crippen LogP contribution in [-0.2, 0) is 10.0 Å². The van der Waals surface area contributed by atoms with Crippen molar-refractivity contribution >= 4 is 43.5 Å². The number of aliphatic imine (C=N–C) groups is 1. The van der Waals surface area contributed by atoms with Crippen LogP contribution < -0.4 is 5.14 Å². The van der Waals surface area contributed by atoms with Crippen LogP contribution >= 0.6 is 0 Å². The van der Waals surface area contributed by atoms with Gasteiger partial charge in [0.2, 0.25) is 10.0 Å². The molecule has 0 saturated heterocycles.